The molecule has 3 aromatic carbocycles. The largest absolute Gasteiger partial charge is 0.387 e. The lowest BCUT2D eigenvalue weighted by Crippen LogP contribution is -2.18. The molecule has 3 aliphatic carbocycles. The molecule has 1 N–H and O–H groups in total. The van der Waals surface area contributed by atoms with Gasteiger partial charge in [-0.3, -0.25) is 0 Å². The summed E-state index contributed by atoms with van der Waals surface area (Å²) in [5.41, 5.74) is 7.55. The number of aliphatic hydroxyl groups is 1. The van der Waals surface area contributed by atoms with Gasteiger partial charge in [-0.05, 0) is 33.4 Å². The van der Waals surface area contributed by atoms with Crippen LogP contribution in [0.5, 0.6) is 0 Å². The monoisotopic (exact) mass is 284 g/mol. The Morgan fingerprint density at radius 1 is 0.500 bits per heavy atom. The van der Waals surface area contributed by atoms with Gasteiger partial charge in [-0.2, -0.15) is 0 Å². The van der Waals surface area contributed by atoms with Gasteiger partial charge < -0.3 is 5.11 Å². The van der Waals surface area contributed by atoms with E-state index in [0.29, 0.717) is 0 Å². The smallest absolute Gasteiger partial charge is 0.0902 e. The van der Waals surface area contributed by atoms with Crippen LogP contribution < -0.4 is 0 Å². The second kappa shape index (κ2) is 4.31. The molecule has 2 bridgehead atoms. The van der Waals surface area contributed by atoms with E-state index in [1.165, 1.54) is 27.8 Å². The summed E-state index contributed by atoms with van der Waals surface area (Å²) in [6.45, 7) is 0. The van der Waals surface area contributed by atoms with Crippen molar-refractivity contribution in [3.8, 4) is 0 Å². The molecule has 3 aliphatic rings. The van der Waals surface area contributed by atoms with Gasteiger partial charge in [-0.1, -0.05) is 72.8 Å². The van der Waals surface area contributed by atoms with Gasteiger partial charge in [0.05, 0.1) is 6.10 Å². The summed E-state index contributed by atoms with van der Waals surface area (Å²) in [4.78, 5) is 0. The van der Waals surface area contributed by atoms with Crippen molar-refractivity contribution < 1.29 is 5.11 Å². The van der Waals surface area contributed by atoms with E-state index in [4.69, 9.17) is 0 Å². The molecule has 1 nitrogen and oxygen atoms in total. The quantitative estimate of drug-likeness (QED) is 0.650. The third-order valence-electron chi connectivity index (χ3n) is 5.23. The van der Waals surface area contributed by atoms with Crippen LogP contribution in [0.2, 0.25) is 0 Å². The molecule has 0 fully saturated rings. The molecule has 1 heteroatoms. The second-order valence-electron chi connectivity index (χ2n) is 6.24. The number of hydrogen-bond donors (Lipinski definition) is 1. The third-order valence-corrected chi connectivity index (χ3v) is 5.23. The van der Waals surface area contributed by atoms with E-state index in [1.807, 2.05) is 6.07 Å². The number of aliphatic hydroxyl groups excluding tert-OH is 1. The molecule has 0 heterocycles. The summed E-state index contributed by atoms with van der Waals surface area (Å²) in [5, 5.41) is 11.1. The van der Waals surface area contributed by atoms with E-state index in [-0.39, 0.29) is 11.8 Å². The molecule has 106 valence electrons. The fourth-order valence-corrected chi connectivity index (χ4v) is 4.35. The summed E-state index contributed by atoms with van der Waals surface area (Å²) >= 11 is 0. The third kappa shape index (κ3) is 1.42. The summed E-state index contributed by atoms with van der Waals surface area (Å²) in [7, 11) is 0. The predicted octanol–water partition coefficient (Wildman–Crippen LogP) is 4.36. The van der Waals surface area contributed by atoms with Crippen LogP contribution in [0.4, 0.5) is 0 Å². The fraction of sp³-hybridized carbons (Fsp3) is 0.143. The van der Waals surface area contributed by atoms with E-state index < -0.39 is 6.10 Å². The average Bonchev–Trinajstić information content (AvgIpc) is 2.76. The molecule has 0 radical (unpaired) electrons. The zero-order valence-electron chi connectivity index (χ0n) is 12.1. The molecule has 0 saturated carbocycles. The topological polar surface area (TPSA) is 20.2 Å². The molecule has 6 rings (SSSR count). The SMILES string of the molecule is OC1c2ccccc2C2c3ccccc3C1c1ccccc12. The van der Waals surface area contributed by atoms with Crippen molar-refractivity contribution in [2.45, 2.75) is 17.9 Å². The molecule has 3 aromatic rings. The standard InChI is InChI=1S/C21H16O/c22-21-18-12-6-5-11-17(18)19-13-7-1-3-9-15(13)20(21)16-10-4-2-8-14(16)19/h1-12,19-22H. The van der Waals surface area contributed by atoms with Gasteiger partial charge >= 0.3 is 0 Å². The van der Waals surface area contributed by atoms with Gasteiger partial charge in [0.1, 0.15) is 0 Å². The molecule has 0 spiro atoms. The van der Waals surface area contributed by atoms with Crippen LogP contribution in [0, 0.1) is 0 Å². The van der Waals surface area contributed by atoms with E-state index in [1.54, 1.807) is 0 Å². The van der Waals surface area contributed by atoms with E-state index in [2.05, 4.69) is 66.7 Å². The fourth-order valence-electron chi connectivity index (χ4n) is 4.35. The lowest BCUT2D eigenvalue weighted by molar-refractivity contribution is 0.159. The molecule has 22 heavy (non-hydrogen) atoms. The van der Waals surface area contributed by atoms with Gasteiger partial charge in [0.15, 0.2) is 0 Å². The maximum Gasteiger partial charge on any atom is 0.0902 e. The highest BCUT2D eigenvalue weighted by Crippen LogP contribution is 2.55. The minimum Gasteiger partial charge on any atom is -0.387 e. The Balaban J connectivity index is 1.95. The first kappa shape index (κ1) is 12.2. The molecular weight excluding hydrogens is 268 g/mol. The van der Waals surface area contributed by atoms with Gasteiger partial charge in [0.2, 0.25) is 0 Å². The lowest BCUT2D eigenvalue weighted by Gasteiger charge is -2.32. The van der Waals surface area contributed by atoms with Crippen molar-refractivity contribution in [3.63, 3.8) is 0 Å². The molecule has 0 saturated heterocycles. The Morgan fingerprint density at radius 3 is 1.36 bits per heavy atom. The number of rotatable bonds is 0. The van der Waals surface area contributed by atoms with E-state index >= 15 is 0 Å². The highest BCUT2D eigenvalue weighted by atomic mass is 16.3. The predicted molar refractivity (Wildman–Crippen MR) is 87.1 cm³/mol. The van der Waals surface area contributed by atoms with Crippen molar-refractivity contribution in [2.24, 2.45) is 0 Å². The van der Waals surface area contributed by atoms with Crippen LogP contribution in [0.3, 0.4) is 0 Å². The summed E-state index contributed by atoms with van der Waals surface area (Å²) in [5.74, 6) is 0.268. The van der Waals surface area contributed by atoms with E-state index in [0.717, 1.165) is 5.56 Å². The summed E-state index contributed by atoms with van der Waals surface area (Å²) in [6, 6.07) is 25.5. The van der Waals surface area contributed by atoms with Crippen molar-refractivity contribution >= 4 is 0 Å². The van der Waals surface area contributed by atoms with Crippen molar-refractivity contribution in [3.05, 3.63) is 106 Å². The highest BCUT2D eigenvalue weighted by Gasteiger charge is 2.41. The molecule has 1 unspecified atom stereocenters. The first-order chi connectivity index (χ1) is 10.9. The molecule has 1 atom stereocenters. The maximum atomic E-state index is 11.1. The average molecular weight is 284 g/mol. The highest BCUT2D eigenvalue weighted by molar-refractivity contribution is 5.62. The van der Waals surface area contributed by atoms with Crippen LogP contribution in [-0.2, 0) is 0 Å². The van der Waals surface area contributed by atoms with Crippen molar-refractivity contribution in [1.29, 1.82) is 0 Å². The van der Waals surface area contributed by atoms with E-state index in [9.17, 15) is 5.11 Å². The summed E-state index contributed by atoms with van der Waals surface area (Å²) < 4.78 is 0. The van der Waals surface area contributed by atoms with Gasteiger partial charge in [0.25, 0.3) is 0 Å². The number of benzene rings is 3. The number of hydrogen-bond acceptors (Lipinski definition) is 1. The van der Waals surface area contributed by atoms with Crippen molar-refractivity contribution in [2.75, 3.05) is 0 Å². The minimum absolute atomic E-state index is 0.0345. The Kier molecular flexibility index (Phi) is 2.39. The zero-order valence-corrected chi connectivity index (χ0v) is 12.1. The van der Waals surface area contributed by atoms with Crippen LogP contribution in [0.25, 0.3) is 0 Å². The Bertz CT molecular complexity index is 833. The van der Waals surface area contributed by atoms with Gasteiger partial charge in [-0.15, -0.1) is 0 Å². The molecule has 0 aliphatic heterocycles. The lowest BCUT2D eigenvalue weighted by atomic mass is 9.72. The Morgan fingerprint density at radius 2 is 0.864 bits per heavy atom. The minimum atomic E-state index is -0.481. The van der Waals surface area contributed by atoms with Crippen LogP contribution in [-0.4, -0.2) is 5.11 Å². The van der Waals surface area contributed by atoms with Crippen molar-refractivity contribution in [1.82, 2.24) is 0 Å². The first-order valence-corrected chi connectivity index (χ1v) is 7.81. The second-order valence-corrected chi connectivity index (χ2v) is 6.24. The summed E-state index contributed by atoms with van der Waals surface area (Å²) in [6.07, 6.45) is -0.481. The normalized spacial score (nSPS) is 24.1. The van der Waals surface area contributed by atoms with Crippen LogP contribution in [0.15, 0.2) is 72.8 Å². The van der Waals surface area contributed by atoms with Gasteiger partial charge in [0, 0.05) is 11.8 Å². The molecular formula is C21H16O. The Hall–Kier alpha value is -2.38. The Labute approximate surface area is 129 Å². The molecule has 0 amide bonds. The van der Waals surface area contributed by atoms with Crippen LogP contribution in [0.1, 0.15) is 51.3 Å². The van der Waals surface area contributed by atoms with Crippen LogP contribution >= 0.6 is 0 Å². The van der Waals surface area contributed by atoms with Gasteiger partial charge in [-0.25, -0.2) is 0 Å². The zero-order chi connectivity index (χ0) is 14.7. The molecule has 0 aromatic heterocycles. The first-order valence-electron chi connectivity index (χ1n) is 7.81. The maximum absolute atomic E-state index is 11.1.